The molecule has 1 fully saturated rings. The predicted molar refractivity (Wildman–Crippen MR) is 211 cm³/mol. The zero-order valence-electron chi connectivity index (χ0n) is 31.0. The number of hydrogen-bond donors (Lipinski definition) is 1. The number of amides is 2. The number of benzene rings is 4. The topological polar surface area (TPSA) is 61.9 Å². The van der Waals surface area contributed by atoms with E-state index in [1.54, 1.807) is 0 Å². The molecule has 0 aromatic heterocycles. The van der Waals surface area contributed by atoms with Crippen molar-refractivity contribution in [1.29, 1.82) is 0 Å². The van der Waals surface area contributed by atoms with E-state index >= 15 is 0 Å². The highest BCUT2D eigenvalue weighted by Gasteiger charge is 2.43. The van der Waals surface area contributed by atoms with E-state index in [-0.39, 0.29) is 11.9 Å². The summed E-state index contributed by atoms with van der Waals surface area (Å²) in [5, 5.41) is 3.26. The minimum absolute atomic E-state index is 0.00257. The van der Waals surface area contributed by atoms with E-state index in [0.717, 1.165) is 52.6 Å². The molecule has 51 heavy (non-hydrogen) atoms. The van der Waals surface area contributed by atoms with E-state index in [9.17, 15) is 9.59 Å². The Morgan fingerprint density at radius 2 is 1.37 bits per heavy atom. The molecule has 1 aliphatic heterocycles. The highest BCUT2D eigenvalue weighted by Crippen LogP contribution is 2.43. The van der Waals surface area contributed by atoms with Crippen LogP contribution in [0.15, 0.2) is 109 Å². The van der Waals surface area contributed by atoms with Gasteiger partial charge in [0.2, 0.25) is 0 Å². The molecule has 1 aliphatic rings. The van der Waals surface area contributed by atoms with Crippen molar-refractivity contribution in [1.82, 2.24) is 15.1 Å². The molecule has 2 unspecified atom stereocenters. The Bertz CT molecular complexity index is 1680. The summed E-state index contributed by atoms with van der Waals surface area (Å²) in [4.78, 5) is 32.6. The van der Waals surface area contributed by atoms with Gasteiger partial charge >= 0.3 is 6.09 Å². The molecule has 0 radical (unpaired) electrons. The van der Waals surface area contributed by atoms with Crippen LogP contribution in [0, 0.1) is 13.8 Å². The average molecular weight is 704 g/mol. The van der Waals surface area contributed by atoms with Gasteiger partial charge in [-0.25, -0.2) is 4.79 Å². The molecular formula is C44H53N3O3S. The number of carbonyl (C=O) groups excluding carboxylic acids is 2. The average Bonchev–Trinajstić information content (AvgIpc) is 3.13. The fourth-order valence-electron chi connectivity index (χ4n) is 7.35. The molecule has 2 amide bonds. The van der Waals surface area contributed by atoms with Crippen LogP contribution < -0.4 is 5.32 Å². The Morgan fingerprint density at radius 3 is 1.88 bits per heavy atom. The molecule has 1 N–H and O–H groups in total. The molecule has 0 aliphatic carbocycles. The summed E-state index contributed by atoms with van der Waals surface area (Å²) in [6, 6.07) is 36.8. The number of nitrogens with zero attached hydrogens (tertiary/aromatic N) is 2. The third-order valence-electron chi connectivity index (χ3n) is 10.1. The van der Waals surface area contributed by atoms with Gasteiger partial charge in [-0.1, -0.05) is 135 Å². The van der Waals surface area contributed by atoms with E-state index in [0.29, 0.717) is 31.0 Å². The van der Waals surface area contributed by atoms with Crippen LogP contribution in [0.4, 0.5) is 4.79 Å². The van der Waals surface area contributed by atoms with Crippen LogP contribution in [0.2, 0.25) is 0 Å². The van der Waals surface area contributed by atoms with Gasteiger partial charge in [-0.05, 0) is 81.3 Å². The molecule has 4 aromatic rings. The highest BCUT2D eigenvalue weighted by molar-refractivity contribution is 7.80. The number of piperazine rings is 1. The van der Waals surface area contributed by atoms with Gasteiger partial charge in [-0.3, -0.25) is 4.79 Å². The van der Waals surface area contributed by atoms with Crippen molar-refractivity contribution in [2.75, 3.05) is 19.6 Å². The zero-order chi connectivity index (χ0) is 36.6. The first kappa shape index (κ1) is 37.8. The summed E-state index contributed by atoms with van der Waals surface area (Å²) < 4.78 is 5.87. The molecular weight excluding hydrogens is 651 g/mol. The molecule has 1 heterocycles. The number of alkyl carbamates (subject to hydrolysis) is 1. The Labute approximate surface area is 310 Å². The second-order valence-corrected chi connectivity index (χ2v) is 15.2. The number of nitrogens with one attached hydrogen (secondary N) is 1. The van der Waals surface area contributed by atoms with Gasteiger partial charge in [-0.2, -0.15) is 0 Å². The molecule has 0 bridgehead atoms. The number of carbonyl (C=O) groups is 2. The zero-order valence-corrected chi connectivity index (χ0v) is 31.8. The minimum Gasteiger partial charge on any atom is -0.444 e. The Morgan fingerprint density at radius 1 is 0.824 bits per heavy atom. The van der Waals surface area contributed by atoms with Gasteiger partial charge in [0.25, 0.3) is 5.91 Å². The SMILES string of the molecule is CCCCC1CN(C(=O)c2cccc(C)c2C)CCN1C(=S)C(CC(c1ccccc1)(c1ccccc1)c1ccccc1)NC(=O)OC(C)(C)C. The van der Waals surface area contributed by atoms with Crippen LogP contribution in [-0.2, 0) is 10.2 Å². The van der Waals surface area contributed by atoms with Crippen molar-refractivity contribution < 1.29 is 14.3 Å². The number of aryl methyl sites for hydroxylation is 1. The smallest absolute Gasteiger partial charge is 0.408 e. The lowest BCUT2D eigenvalue weighted by Crippen LogP contribution is -2.61. The maximum Gasteiger partial charge on any atom is 0.408 e. The van der Waals surface area contributed by atoms with Crippen LogP contribution in [0.25, 0.3) is 0 Å². The molecule has 4 aromatic carbocycles. The van der Waals surface area contributed by atoms with Gasteiger partial charge in [0, 0.05) is 36.7 Å². The molecule has 7 heteroatoms. The summed E-state index contributed by atoms with van der Waals surface area (Å²) in [6.07, 6.45) is 2.87. The van der Waals surface area contributed by atoms with E-state index in [2.05, 4.69) is 89.9 Å². The summed E-state index contributed by atoms with van der Waals surface area (Å²) >= 11 is 6.49. The fraction of sp³-hybridized carbons (Fsp3) is 0.386. The lowest BCUT2D eigenvalue weighted by Gasteiger charge is -2.46. The second kappa shape index (κ2) is 16.7. The molecule has 0 spiro atoms. The summed E-state index contributed by atoms with van der Waals surface area (Å²) in [7, 11) is 0. The van der Waals surface area contributed by atoms with Gasteiger partial charge < -0.3 is 19.9 Å². The fourth-order valence-corrected chi connectivity index (χ4v) is 7.73. The summed E-state index contributed by atoms with van der Waals surface area (Å²) in [5.41, 5.74) is 4.85. The third kappa shape index (κ3) is 8.88. The predicted octanol–water partition coefficient (Wildman–Crippen LogP) is 9.27. The van der Waals surface area contributed by atoms with Gasteiger partial charge in [0.05, 0.1) is 6.04 Å². The normalized spacial score (nSPS) is 15.6. The van der Waals surface area contributed by atoms with Crippen molar-refractivity contribution >= 4 is 29.2 Å². The molecule has 2 atom stereocenters. The first-order valence-electron chi connectivity index (χ1n) is 18.3. The van der Waals surface area contributed by atoms with E-state index < -0.39 is 23.2 Å². The number of ether oxygens (including phenoxy) is 1. The van der Waals surface area contributed by atoms with Gasteiger partial charge in [-0.15, -0.1) is 0 Å². The third-order valence-corrected chi connectivity index (χ3v) is 10.6. The number of hydrogen-bond acceptors (Lipinski definition) is 4. The highest BCUT2D eigenvalue weighted by atomic mass is 32.1. The van der Waals surface area contributed by atoms with Crippen LogP contribution in [-0.4, -0.2) is 64.1 Å². The Balaban J connectivity index is 1.57. The van der Waals surface area contributed by atoms with E-state index in [1.807, 2.05) is 75.9 Å². The number of rotatable bonds is 11. The van der Waals surface area contributed by atoms with Crippen LogP contribution >= 0.6 is 12.2 Å². The lowest BCUT2D eigenvalue weighted by molar-refractivity contribution is 0.0505. The standard InChI is InChI=1S/C44H53N3O3S/c1-7-8-26-37-31-46(40(48)38-27-18-19-32(2)33(38)3)28-29-47(37)41(51)39(45-42(49)50-43(4,5)6)30-44(34-20-12-9-13-21-34,35-22-14-10-15-23-35)36-24-16-11-17-25-36/h9-25,27,37,39H,7-8,26,28-31H2,1-6H3,(H,45,49). The number of unbranched alkanes of at least 4 members (excludes halogenated alkanes) is 1. The van der Waals surface area contributed by atoms with E-state index in [4.69, 9.17) is 17.0 Å². The van der Waals surface area contributed by atoms with Gasteiger partial charge in [0.15, 0.2) is 0 Å². The Hall–Kier alpha value is -4.49. The monoisotopic (exact) mass is 703 g/mol. The lowest BCUT2D eigenvalue weighted by atomic mass is 9.66. The largest absolute Gasteiger partial charge is 0.444 e. The maximum absolute atomic E-state index is 13.9. The summed E-state index contributed by atoms with van der Waals surface area (Å²) in [6.45, 7) is 13.5. The van der Waals surface area contributed by atoms with E-state index in [1.165, 1.54) is 0 Å². The summed E-state index contributed by atoms with van der Waals surface area (Å²) in [5.74, 6) is 0.0583. The van der Waals surface area contributed by atoms with Gasteiger partial charge in [0.1, 0.15) is 10.6 Å². The first-order valence-corrected chi connectivity index (χ1v) is 18.7. The first-order chi connectivity index (χ1) is 24.4. The molecule has 1 saturated heterocycles. The maximum atomic E-state index is 13.9. The molecule has 268 valence electrons. The van der Waals surface area contributed by atoms with Crippen molar-refractivity contribution in [2.24, 2.45) is 0 Å². The van der Waals surface area contributed by atoms with Crippen LogP contribution in [0.5, 0.6) is 0 Å². The number of thiocarbonyl (C=S) groups is 1. The van der Waals surface area contributed by atoms with Crippen molar-refractivity contribution in [3.05, 3.63) is 143 Å². The van der Waals surface area contributed by atoms with Crippen LogP contribution in [0.3, 0.4) is 0 Å². The van der Waals surface area contributed by atoms with Crippen molar-refractivity contribution in [3.8, 4) is 0 Å². The van der Waals surface area contributed by atoms with Crippen molar-refractivity contribution in [2.45, 2.75) is 90.3 Å². The minimum atomic E-state index is -0.685. The second-order valence-electron chi connectivity index (χ2n) is 14.7. The van der Waals surface area contributed by atoms with Crippen molar-refractivity contribution in [3.63, 3.8) is 0 Å². The molecule has 0 saturated carbocycles. The molecule has 5 rings (SSSR count). The molecule has 6 nitrogen and oxygen atoms in total. The quantitative estimate of drug-likeness (QED) is 0.125. The van der Waals surface area contributed by atoms with Crippen LogP contribution in [0.1, 0.15) is 91.6 Å². The Kier molecular flexibility index (Phi) is 12.4.